The standard InChI is InChI=1S/C21H24N2O3/c1-14-6-8-20(9-7-14)23-15(2)10-18(17(23)4)11-19(12-22)21(24)26-16(3)13-25-5/h6-11,16H,13H2,1-5H3/b19-11+/t16-/m0/s1. The van der Waals surface area contributed by atoms with Gasteiger partial charge in [0.1, 0.15) is 17.7 Å². The molecule has 0 radical (unpaired) electrons. The van der Waals surface area contributed by atoms with Crippen LogP contribution in [0.2, 0.25) is 0 Å². The highest BCUT2D eigenvalue weighted by Gasteiger charge is 2.17. The minimum Gasteiger partial charge on any atom is -0.456 e. The molecule has 0 saturated carbocycles. The molecule has 0 N–H and O–H groups in total. The minimum absolute atomic E-state index is 0.0305. The zero-order valence-electron chi connectivity index (χ0n) is 15.9. The molecular weight excluding hydrogens is 328 g/mol. The Kier molecular flexibility index (Phi) is 6.37. The zero-order valence-corrected chi connectivity index (χ0v) is 15.9. The van der Waals surface area contributed by atoms with Gasteiger partial charge in [0.2, 0.25) is 0 Å². The van der Waals surface area contributed by atoms with Crippen molar-refractivity contribution >= 4 is 12.0 Å². The number of rotatable bonds is 6. The summed E-state index contributed by atoms with van der Waals surface area (Å²) in [5.41, 5.74) is 5.00. The van der Waals surface area contributed by atoms with Crippen molar-refractivity contribution < 1.29 is 14.3 Å². The minimum atomic E-state index is -0.641. The lowest BCUT2D eigenvalue weighted by Crippen LogP contribution is -2.20. The second-order valence-corrected chi connectivity index (χ2v) is 6.34. The Morgan fingerprint density at radius 2 is 1.92 bits per heavy atom. The number of methoxy groups -OCH3 is 1. The molecule has 0 bridgehead atoms. The van der Waals surface area contributed by atoms with Gasteiger partial charge in [-0.15, -0.1) is 0 Å². The van der Waals surface area contributed by atoms with Gasteiger partial charge in [-0.1, -0.05) is 17.7 Å². The quantitative estimate of drug-likeness (QED) is 0.449. The molecule has 5 nitrogen and oxygen atoms in total. The lowest BCUT2D eigenvalue weighted by atomic mass is 10.1. The average molecular weight is 352 g/mol. The molecule has 0 saturated heterocycles. The SMILES string of the molecule is COC[C@H](C)OC(=O)/C(C#N)=C/c1cc(C)n(-c2ccc(C)cc2)c1C. The predicted octanol–water partition coefficient (Wildman–Crippen LogP) is 3.89. The molecule has 0 spiro atoms. The van der Waals surface area contributed by atoms with Crippen LogP contribution in [-0.2, 0) is 14.3 Å². The molecule has 1 aromatic carbocycles. The number of carbonyl (C=O) groups excluding carboxylic acids is 1. The van der Waals surface area contributed by atoms with Gasteiger partial charge >= 0.3 is 5.97 Å². The van der Waals surface area contributed by atoms with Gasteiger partial charge in [0.05, 0.1) is 6.61 Å². The third-order valence-corrected chi connectivity index (χ3v) is 4.11. The number of benzene rings is 1. The Morgan fingerprint density at radius 3 is 2.50 bits per heavy atom. The summed E-state index contributed by atoms with van der Waals surface area (Å²) in [6, 6.07) is 12.1. The summed E-state index contributed by atoms with van der Waals surface area (Å²) in [7, 11) is 1.53. The third-order valence-electron chi connectivity index (χ3n) is 4.11. The van der Waals surface area contributed by atoms with Crippen LogP contribution < -0.4 is 0 Å². The molecule has 0 aliphatic heterocycles. The predicted molar refractivity (Wildman–Crippen MR) is 101 cm³/mol. The molecule has 0 aliphatic rings. The number of carbonyl (C=O) groups is 1. The molecule has 5 heteroatoms. The summed E-state index contributed by atoms with van der Waals surface area (Å²) in [6.45, 7) is 8.01. The molecular formula is C21H24N2O3. The van der Waals surface area contributed by atoms with E-state index in [1.807, 2.05) is 32.9 Å². The van der Waals surface area contributed by atoms with Gasteiger partial charge in [-0.2, -0.15) is 5.26 Å². The van der Waals surface area contributed by atoms with Crippen molar-refractivity contribution in [3.63, 3.8) is 0 Å². The van der Waals surface area contributed by atoms with Crippen LogP contribution in [0.3, 0.4) is 0 Å². The highest BCUT2D eigenvalue weighted by molar-refractivity contribution is 5.98. The zero-order chi connectivity index (χ0) is 19.3. The summed E-state index contributed by atoms with van der Waals surface area (Å²) in [4.78, 5) is 12.2. The van der Waals surface area contributed by atoms with E-state index < -0.39 is 12.1 Å². The van der Waals surface area contributed by atoms with Crippen LogP contribution >= 0.6 is 0 Å². The first-order chi connectivity index (χ1) is 12.4. The van der Waals surface area contributed by atoms with Crippen molar-refractivity contribution in [1.29, 1.82) is 5.26 Å². The summed E-state index contributed by atoms with van der Waals surface area (Å²) >= 11 is 0. The Labute approximate surface area is 154 Å². The lowest BCUT2D eigenvalue weighted by Gasteiger charge is -2.11. The molecule has 136 valence electrons. The normalized spacial score (nSPS) is 12.5. The summed E-state index contributed by atoms with van der Waals surface area (Å²) in [5.74, 6) is -0.641. The molecule has 1 aromatic heterocycles. The van der Waals surface area contributed by atoms with Crippen molar-refractivity contribution in [2.24, 2.45) is 0 Å². The lowest BCUT2D eigenvalue weighted by molar-refractivity contribution is -0.145. The van der Waals surface area contributed by atoms with Crippen molar-refractivity contribution in [2.45, 2.75) is 33.8 Å². The van der Waals surface area contributed by atoms with E-state index in [9.17, 15) is 10.1 Å². The molecule has 2 aromatic rings. The molecule has 26 heavy (non-hydrogen) atoms. The highest BCUT2D eigenvalue weighted by Crippen LogP contribution is 2.23. The van der Waals surface area contributed by atoms with Crippen LogP contribution in [0.1, 0.15) is 29.4 Å². The van der Waals surface area contributed by atoms with Gasteiger partial charge in [-0.3, -0.25) is 0 Å². The Morgan fingerprint density at radius 1 is 1.27 bits per heavy atom. The largest absolute Gasteiger partial charge is 0.456 e. The van der Waals surface area contributed by atoms with E-state index in [0.29, 0.717) is 0 Å². The van der Waals surface area contributed by atoms with Gasteiger partial charge in [0.15, 0.2) is 0 Å². The van der Waals surface area contributed by atoms with E-state index in [2.05, 4.69) is 28.8 Å². The van der Waals surface area contributed by atoms with Gasteiger partial charge in [0.25, 0.3) is 0 Å². The summed E-state index contributed by atoms with van der Waals surface area (Å²) in [6.07, 6.45) is 1.17. The number of esters is 1. The highest BCUT2D eigenvalue weighted by atomic mass is 16.6. The van der Waals surface area contributed by atoms with Crippen LogP contribution in [0.25, 0.3) is 11.8 Å². The topological polar surface area (TPSA) is 64.2 Å². The second-order valence-electron chi connectivity index (χ2n) is 6.34. The van der Waals surface area contributed by atoms with Gasteiger partial charge in [0, 0.05) is 24.2 Å². The third kappa shape index (κ3) is 4.41. The van der Waals surface area contributed by atoms with Gasteiger partial charge in [-0.05, 0) is 57.5 Å². The molecule has 0 fully saturated rings. The van der Waals surface area contributed by atoms with Crippen molar-refractivity contribution in [3.8, 4) is 11.8 Å². The van der Waals surface area contributed by atoms with E-state index in [0.717, 1.165) is 22.6 Å². The van der Waals surface area contributed by atoms with Crippen LogP contribution in [0.15, 0.2) is 35.9 Å². The summed E-state index contributed by atoms with van der Waals surface area (Å²) in [5, 5.41) is 9.36. The fourth-order valence-corrected chi connectivity index (χ4v) is 2.83. The van der Waals surface area contributed by atoms with Crippen molar-refractivity contribution in [3.05, 3.63) is 58.4 Å². The van der Waals surface area contributed by atoms with Crippen LogP contribution in [-0.4, -0.2) is 30.4 Å². The fourth-order valence-electron chi connectivity index (χ4n) is 2.83. The first kappa shape index (κ1) is 19.5. The molecule has 1 atom stereocenters. The monoisotopic (exact) mass is 352 g/mol. The smallest absolute Gasteiger partial charge is 0.349 e. The Bertz CT molecular complexity index is 855. The van der Waals surface area contributed by atoms with E-state index in [-0.39, 0.29) is 12.2 Å². The number of nitrogens with zero attached hydrogens (tertiary/aromatic N) is 2. The Balaban J connectivity index is 2.35. The number of hydrogen-bond donors (Lipinski definition) is 0. The molecule has 0 amide bonds. The number of ether oxygens (including phenoxy) is 2. The van der Waals surface area contributed by atoms with E-state index in [1.54, 1.807) is 13.0 Å². The number of nitriles is 1. The van der Waals surface area contributed by atoms with E-state index >= 15 is 0 Å². The van der Waals surface area contributed by atoms with Crippen LogP contribution in [0.4, 0.5) is 0 Å². The maximum absolute atomic E-state index is 12.2. The van der Waals surface area contributed by atoms with Crippen molar-refractivity contribution in [1.82, 2.24) is 4.57 Å². The maximum atomic E-state index is 12.2. The molecule has 1 heterocycles. The first-order valence-electron chi connectivity index (χ1n) is 8.45. The van der Waals surface area contributed by atoms with Crippen molar-refractivity contribution in [2.75, 3.05) is 13.7 Å². The van der Waals surface area contributed by atoms with E-state index in [4.69, 9.17) is 9.47 Å². The maximum Gasteiger partial charge on any atom is 0.349 e. The molecule has 0 aliphatic carbocycles. The van der Waals surface area contributed by atoms with Crippen LogP contribution in [0, 0.1) is 32.1 Å². The van der Waals surface area contributed by atoms with Gasteiger partial charge in [-0.25, -0.2) is 4.79 Å². The van der Waals surface area contributed by atoms with Gasteiger partial charge < -0.3 is 14.0 Å². The number of hydrogen-bond acceptors (Lipinski definition) is 4. The average Bonchev–Trinajstić information content (AvgIpc) is 2.87. The summed E-state index contributed by atoms with van der Waals surface area (Å²) < 4.78 is 12.3. The number of aryl methyl sites for hydroxylation is 2. The number of aromatic nitrogens is 1. The fraction of sp³-hybridized carbons (Fsp3) is 0.333. The van der Waals surface area contributed by atoms with E-state index in [1.165, 1.54) is 12.7 Å². The Hall–Kier alpha value is -2.84. The molecule has 0 unspecified atom stereocenters. The van der Waals surface area contributed by atoms with Crippen LogP contribution in [0.5, 0.6) is 0 Å². The second kappa shape index (κ2) is 8.50. The molecule has 2 rings (SSSR count). The first-order valence-corrected chi connectivity index (χ1v) is 8.45.